The van der Waals surface area contributed by atoms with Gasteiger partial charge in [-0.2, -0.15) is 0 Å². The van der Waals surface area contributed by atoms with Crippen LogP contribution in [0.2, 0.25) is 5.02 Å². The number of aliphatic hydroxyl groups is 1. The monoisotopic (exact) mass is 661 g/mol. The smallest absolute Gasteiger partial charge is 0.313 e. The van der Waals surface area contributed by atoms with Crippen molar-refractivity contribution >= 4 is 41.0 Å². The Bertz CT molecular complexity index is 1560. The standard InChI is InChI=1S/C36H40ClN3O7/c1-23-31(24-11-5-3-6-12-24)46-35(45)29-27-18-19-36(47-27)30(29)33(43)40(21-9-10-22-41)32(36)34(44)39(26-16-14-25(37)15-17-26)20-8-4-7-13-28(42)38(23)2/h3-6,8,11-12,14-19,23,27,29-32,41H,7,9-10,13,20-22H2,1-2H3/b8-4-/t23-,27+,29-,30-,31+,32+,36-/m1/s1. The number of cyclic esters (lactones) is 1. The highest BCUT2D eigenvalue weighted by atomic mass is 35.5. The number of esters is 1. The van der Waals surface area contributed by atoms with E-state index in [2.05, 4.69) is 0 Å². The Labute approximate surface area is 279 Å². The lowest BCUT2D eigenvalue weighted by molar-refractivity contribution is -0.164. The number of likely N-dealkylation sites (N-methyl/N-ethyl adjacent to an activating group) is 1. The van der Waals surface area contributed by atoms with Gasteiger partial charge < -0.3 is 29.3 Å². The maximum absolute atomic E-state index is 14.8. The lowest BCUT2D eigenvalue weighted by Crippen LogP contribution is -2.56. The molecule has 2 fully saturated rings. The molecule has 7 atom stereocenters. The van der Waals surface area contributed by atoms with Crippen molar-refractivity contribution in [1.82, 2.24) is 9.80 Å². The predicted molar refractivity (Wildman–Crippen MR) is 175 cm³/mol. The van der Waals surface area contributed by atoms with Gasteiger partial charge in [0.15, 0.2) is 0 Å². The van der Waals surface area contributed by atoms with E-state index in [-0.39, 0.29) is 43.8 Å². The maximum Gasteiger partial charge on any atom is 0.313 e. The third-order valence-corrected chi connectivity index (χ3v) is 10.1. The third kappa shape index (κ3) is 5.98. The number of halogens is 1. The Balaban J connectivity index is 1.44. The second-order valence-electron chi connectivity index (χ2n) is 12.6. The molecule has 2 saturated heterocycles. The van der Waals surface area contributed by atoms with E-state index in [1.165, 1.54) is 4.90 Å². The molecule has 47 heavy (non-hydrogen) atoms. The highest BCUT2D eigenvalue weighted by Crippen LogP contribution is 2.56. The number of amides is 3. The summed E-state index contributed by atoms with van der Waals surface area (Å²) in [6, 6.07) is 14.5. The summed E-state index contributed by atoms with van der Waals surface area (Å²) >= 11 is 6.18. The second kappa shape index (κ2) is 13.6. The first-order chi connectivity index (χ1) is 22.7. The van der Waals surface area contributed by atoms with E-state index in [9.17, 15) is 24.3 Å². The molecule has 4 aliphatic heterocycles. The van der Waals surface area contributed by atoms with Crippen LogP contribution in [0.4, 0.5) is 5.69 Å². The fraction of sp³-hybridized carbons (Fsp3) is 0.444. The predicted octanol–water partition coefficient (Wildman–Crippen LogP) is 4.08. The molecule has 248 valence electrons. The number of ether oxygens (including phenoxy) is 2. The van der Waals surface area contributed by atoms with Gasteiger partial charge in [-0.3, -0.25) is 19.2 Å². The van der Waals surface area contributed by atoms with Gasteiger partial charge in [-0.25, -0.2) is 0 Å². The molecule has 0 aliphatic carbocycles. The van der Waals surface area contributed by atoms with Gasteiger partial charge >= 0.3 is 5.97 Å². The fourth-order valence-corrected chi connectivity index (χ4v) is 7.47. The van der Waals surface area contributed by atoms with Crippen molar-refractivity contribution in [3.8, 4) is 0 Å². The number of likely N-dealkylation sites (tertiary alicyclic amines) is 1. The number of hydrogen-bond donors (Lipinski definition) is 1. The minimum absolute atomic E-state index is 0.0552. The number of benzene rings is 2. The summed E-state index contributed by atoms with van der Waals surface area (Å²) in [5.74, 6) is -3.45. The number of unbranched alkanes of at least 4 members (excludes halogenated alkanes) is 1. The Kier molecular flexibility index (Phi) is 9.55. The quantitative estimate of drug-likeness (QED) is 0.282. The first kappa shape index (κ1) is 32.9. The van der Waals surface area contributed by atoms with Crippen LogP contribution < -0.4 is 4.90 Å². The summed E-state index contributed by atoms with van der Waals surface area (Å²) in [6.07, 6.45) is 7.23. The largest absolute Gasteiger partial charge is 0.455 e. The van der Waals surface area contributed by atoms with Gasteiger partial charge in [0.25, 0.3) is 5.91 Å². The Morgan fingerprint density at radius 1 is 0.979 bits per heavy atom. The summed E-state index contributed by atoms with van der Waals surface area (Å²) in [6.45, 7) is 2.16. The van der Waals surface area contributed by atoms with Crippen molar-refractivity contribution in [2.75, 3.05) is 31.6 Å². The SMILES string of the molecule is C[C@@H]1[C@@H](c2ccccc2)OC(=O)[C@@H]2[C@@H]3C=C[C@]4(O3)[C@H](C(=O)N(c3ccc(Cl)cc3)C/C=C\CCC(=O)N1C)N(CCCCO)C(=O)[C@@H]24. The molecule has 6 rings (SSSR count). The van der Waals surface area contributed by atoms with Gasteiger partial charge in [0, 0.05) is 43.9 Å². The number of aliphatic hydroxyl groups excluding tert-OH is 1. The molecule has 4 aliphatic rings. The average Bonchev–Trinajstić information content (AvgIpc) is 3.72. The average molecular weight is 662 g/mol. The zero-order chi connectivity index (χ0) is 33.3. The molecule has 4 heterocycles. The number of nitrogens with zero attached hydrogens (tertiary/aromatic N) is 3. The van der Waals surface area contributed by atoms with Crippen LogP contribution in [-0.4, -0.2) is 89.1 Å². The van der Waals surface area contributed by atoms with Crippen molar-refractivity contribution in [3.05, 3.63) is 89.5 Å². The van der Waals surface area contributed by atoms with Crippen LogP contribution in [0.5, 0.6) is 0 Å². The molecule has 0 saturated carbocycles. The number of fused-ring (bicyclic) bond motifs is 2. The highest BCUT2D eigenvalue weighted by molar-refractivity contribution is 6.30. The molecular weight excluding hydrogens is 622 g/mol. The van der Waals surface area contributed by atoms with Crippen molar-refractivity contribution in [3.63, 3.8) is 0 Å². The number of carbonyl (C=O) groups excluding carboxylic acids is 4. The van der Waals surface area contributed by atoms with Crippen LogP contribution in [-0.2, 0) is 28.7 Å². The van der Waals surface area contributed by atoms with Gasteiger partial charge in [-0.05, 0) is 56.0 Å². The molecular formula is C36H40ClN3O7. The number of hydrogen-bond acceptors (Lipinski definition) is 7. The summed E-state index contributed by atoms with van der Waals surface area (Å²) in [4.78, 5) is 61.4. The van der Waals surface area contributed by atoms with Gasteiger partial charge in [-0.15, -0.1) is 0 Å². The molecule has 0 radical (unpaired) electrons. The minimum Gasteiger partial charge on any atom is -0.455 e. The molecule has 1 spiro atoms. The van der Waals surface area contributed by atoms with E-state index in [0.717, 1.165) is 5.56 Å². The fourth-order valence-electron chi connectivity index (χ4n) is 7.35. The van der Waals surface area contributed by atoms with E-state index >= 15 is 0 Å². The van der Waals surface area contributed by atoms with Gasteiger partial charge in [0.2, 0.25) is 11.8 Å². The zero-order valence-corrected chi connectivity index (χ0v) is 27.3. The van der Waals surface area contributed by atoms with Crippen molar-refractivity contribution in [2.45, 2.75) is 62.5 Å². The first-order valence-electron chi connectivity index (χ1n) is 16.2. The maximum atomic E-state index is 14.8. The molecule has 0 unspecified atom stereocenters. The number of rotatable bonds is 6. The summed E-state index contributed by atoms with van der Waals surface area (Å²) in [7, 11) is 1.70. The molecule has 0 aromatic heterocycles. The molecule has 3 amide bonds. The molecule has 11 heteroatoms. The van der Waals surface area contributed by atoms with Crippen molar-refractivity contribution in [2.24, 2.45) is 11.8 Å². The summed E-state index contributed by atoms with van der Waals surface area (Å²) < 4.78 is 12.8. The van der Waals surface area contributed by atoms with Crippen LogP contribution >= 0.6 is 11.6 Å². The minimum atomic E-state index is -1.38. The van der Waals surface area contributed by atoms with Gasteiger partial charge in [0.1, 0.15) is 23.7 Å². The summed E-state index contributed by atoms with van der Waals surface area (Å²) in [5.41, 5.74) is -0.0902. The third-order valence-electron chi connectivity index (χ3n) is 9.88. The first-order valence-corrected chi connectivity index (χ1v) is 16.6. The lowest BCUT2D eigenvalue weighted by Gasteiger charge is -2.36. The van der Waals surface area contributed by atoms with E-state index in [1.807, 2.05) is 49.4 Å². The Morgan fingerprint density at radius 2 is 1.72 bits per heavy atom. The van der Waals surface area contributed by atoms with E-state index < -0.39 is 47.7 Å². The van der Waals surface area contributed by atoms with Crippen LogP contribution in [0.25, 0.3) is 0 Å². The Morgan fingerprint density at radius 3 is 2.45 bits per heavy atom. The van der Waals surface area contributed by atoms with Crippen LogP contribution in [0.15, 0.2) is 78.9 Å². The van der Waals surface area contributed by atoms with Crippen LogP contribution in [0, 0.1) is 11.8 Å². The van der Waals surface area contributed by atoms with E-state index in [1.54, 1.807) is 53.3 Å². The number of carbonyl (C=O) groups is 4. The normalized spacial score (nSPS) is 31.8. The lowest BCUT2D eigenvalue weighted by atomic mass is 9.74. The number of allylic oxidation sites excluding steroid dienone is 1. The summed E-state index contributed by atoms with van der Waals surface area (Å²) in [5, 5.41) is 10.0. The molecule has 5 bridgehead atoms. The van der Waals surface area contributed by atoms with Crippen molar-refractivity contribution < 1.29 is 33.8 Å². The molecule has 2 aromatic rings. The van der Waals surface area contributed by atoms with E-state index in [0.29, 0.717) is 30.0 Å². The van der Waals surface area contributed by atoms with Crippen LogP contribution in [0.3, 0.4) is 0 Å². The van der Waals surface area contributed by atoms with Crippen LogP contribution in [0.1, 0.15) is 44.3 Å². The zero-order valence-electron chi connectivity index (χ0n) is 26.5. The number of anilines is 1. The van der Waals surface area contributed by atoms with Crippen molar-refractivity contribution in [1.29, 1.82) is 0 Å². The molecule has 10 nitrogen and oxygen atoms in total. The van der Waals surface area contributed by atoms with Gasteiger partial charge in [0.05, 0.1) is 18.1 Å². The highest BCUT2D eigenvalue weighted by Gasteiger charge is 2.73. The van der Waals surface area contributed by atoms with Gasteiger partial charge in [-0.1, -0.05) is 66.2 Å². The Hall–Kier alpha value is -3.99. The van der Waals surface area contributed by atoms with E-state index in [4.69, 9.17) is 21.1 Å². The topological polar surface area (TPSA) is 117 Å². The second-order valence-corrected chi connectivity index (χ2v) is 13.0. The molecule has 2 aromatic carbocycles. The molecule has 1 N–H and O–H groups in total.